The summed E-state index contributed by atoms with van der Waals surface area (Å²) in [4.78, 5) is 3.90. The van der Waals surface area contributed by atoms with Crippen molar-refractivity contribution < 1.29 is 0 Å². The van der Waals surface area contributed by atoms with Crippen molar-refractivity contribution in [3.8, 4) is 0 Å². The summed E-state index contributed by atoms with van der Waals surface area (Å²) in [6.45, 7) is 10.3. The molecule has 104 valence electrons. The van der Waals surface area contributed by atoms with Crippen LogP contribution >= 0.6 is 11.3 Å². The molecule has 2 nitrogen and oxygen atoms in total. The maximum absolute atomic E-state index is 3.45. The first kappa shape index (κ1) is 15.7. The number of nitrogens with one attached hydrogen (secondary N) is 1. The molecule has 0 saturated carbocycles. The molecule has 1 N–H and O–H groups in total. The average molecular weight is 268 g/mol. The smallest absolute Gasteiger partial charge is 0.0410 e. The van der Waals surface area contributed by atoms with Gasteiger partial charge in [-0.2, -0.15) is 0 Å². The second-order valence-corrected chi connectivity index (χ2v) is 7.15. The summed E-state index contributed by atoms with van der Waals surface area (Å²) in [6.07, 6.45) is 1.19. The maximum atomic E-state index is 3.45. The lowest BCUT2D eigenvalue weighted by Gasteiger charge is -2.33. The van der Waals surface area contributed by atoms with Crippen LogP contribution < -0.4 is 5.32 Å². The monoisotopic (exact) mass is 268 g/mol. The van der Waals surface area contributed by atoms with Crippen molar-refractivity contribution in [2.45, 2.75) is 46.2 Å². The van der Waals surface area contributed by atoms with Gasteiger partial charge in [0.05, 0.1) is 0 Å². The van der Waals surface area contributed by atoms with Gasteiger partial charge in [0.25, 0.3) is 0 Å². The Morgan fingerprint density at radius 3 is 2.50 bits per heavy atom. The summed E-state index contributed by atoms with van der Waals surface area (Å²) >= 11 is 1.85. The molecule has 0 aliphatic heterocycles. The van der Waals surface area contributed by atoms with Gasteiger partial charge < -0.3 is 5.32 Å². The van der Waals surface area contributed by atoms with E-state index in [4.69, 9.17) is 0 Å². The van der Waals surface area contributed by atoms with E-state index in [0.717, 1.165) is 6.54 Å². The molecule has 0 saturated heterocycles. The second kappa shape index (κ2) is 6.69. The van der Waals surface area contributed by atoms with Crippen molar-refractivity contribution >= 4 is 11.3 Å². The molecule has 0 fully saturated rings. The zero-order valence-electron chi connectivity index (χ0n) is 12.7. The van der Waals surface area contributed by atoms with Crippen LogP contribution in [-0.4, -0.2) is 31.6 Å². The summed E-state index contributed by atoms with van der Waals surface area (Å²) in [5.74, 6) is 0. The number of nitrogens with zero attached hydrogens (tertiary/aromatic N) is 1. The molecule has 1 aromatic heterocycles. The predicted octanol–water partition coefficient (Wildman–Crippen LogP) is 3.77. The molecule has 1 rings (SSSR count). The average Bonchev–Trinajstić information content (AvgIpc) is 2.80. The first-order chi connectivity index (χ1) is 8.36. The topological polar surface area (TPSA) is 15.3 Å². The Bertz CT molecular complexity index is 327. The van der Waals surface area contributed by atoms with E-state index in [1.54, 1.807) is 0 Å². The summed E-state index contributed by atoms with van der Waals surface area (Å²) in [5, 5.41) is 5.60. The van der Waals surface area contributed by atoms with Gasteiger partial charge in [-0.3, -0.25) is 4.90 Å². The minimum absolute atomic E-state index is 0.321. The van der Waals surface area contributed by atoms with E-state index in [2.05, 4.69) is 69.5 Å². The Hall–Kier alpha value is -0.380. The molecular formula is C15H28N2S. The third-order valence-electron chi connectivity index (χ3n) is 3.78. The molecule has 2 unspecified atom stereocenters. The Balaban J connectivity index is 2.48. The summed E-state index contributed by atoms with van der Waals surface area (Å²) in [6, 6.07) is 5.44. The SMILES string of the molecule is CNC(CCN(C)C(C)c1cccs1)C(C)(C)C. The van der Waals surface area contributed by atoms with E-state index >= 15 is 0 Å². The number of hydrogen-bond acceptors (Lipinski definition) is 3. The largest absolute Gasteiger partial charge is 0.316 e. The van der Waals surface area contributed by atoms with Gasteiger partial charge in [0.2, 0.25) is 0 Å². The molecule has 2 atom stereocenters. The van der Waals surface area contributed by atoms with E-state index < -0.39 is 0 Å². The first-order valence-corrected chi connectivity index (χ1v) is 7.65. The van der Waals surface area contributed by atoms with Crippen LogP contribution in [0.2, 0.25) is 0 Å². The van der Waals surface area contributed by atoms with Crippen LogP contribution in [0.4, 0.5) is 0 Å². The third kappa shape index (κ3) is 4.38. The van der Waals surface area contributed by atoms with Gasteiger partial charge >= 0.3 is 0 Å². The van der Waals surface area contributed by atoms with Crippen LogP contribution in [0.5, 0.6) is 0 Å². The quantitative estimate of drug-likeness (QED) is 0.845. The van der Waals surface area contributed by atoms with E-state index in [1.165, 1.54) is 11.3 Å². The Morgan fingerprint density at radius 1 is 1.39 bits per heavy atom. The summed E-state index contributed by atoms with van der Waals surface area (Å²) in [5.41, 5.74) is 0.321. The lowest BCUT2D eigenvalue weighted by Crippen LogP contribution is -2.40. The lowest BCUT2D eigenvalue weighted by atomic mass is 9.85. The van der Waals surface area contributed by atoms with Crippen molar-refractivity contribution in [1.29, 1.82) is 0 Å². The van der Waals surface area contributed by atoms with Crippen molar-refractivity contribution in [3.05, 3.63) is 22.4 Å². The molecule has 18 heavy (non-hydrogen) atoms. The van der Waals surface area contributed by atoms with Crippen LogP contribution in [0, 0.1) is 5.41 Å². The highest BCUT2D eigenvalue weighted by Crippen LogP contribution is 2.25. The zero-order valence-corrected chi connectivity index (χ0v) is 13.5. The van der Waals surface area contributed by atoms with E-state index in [0.29, 0.717) is 17.5 Å². The van der Waals surface area contributed by atoms with Gasteiger partial charge in [-0.25, -0.2) is 0 Å². The fourth-order valence-corrected chi connectivity index (χ4v) is 3.13. The van der Waals surface area contributed by atoms with Crippen molar-refractivity contribution in [2.24, 2.45) is 5.41 Å². The van der Waals surface area contributed by atoms with Crippen LogP contribution in [0.15, 0.2) is 17.5 Å². The molecule has 0 aliphatic rings. The Labute approximate surface area is 116 Å². The minimum atomic E-state index is 0.321. The fraction of sp³-hybridized carbons (Fsp3) is 0.733. The van der Waals surface area contributed by atoms with Crippen LogP contribution in [-0.2, 0) is 0 Å². The highest BCUT2D eigenvalue weighted by molar-refractivity contribution is 7.10. The number of thiophene rings is 1. The molecule has 0 radical (unpaired) electrons. The Kier molecular flexibility index (Phi) is 5.83. The van der Waals surface area contributed by atoms with Crippen molar-refractivity contribution in [2.75, 3.05) is 20.6 Å². The highest BCUT2D eigenvalue weighted by atomic mass is 32.1. The molecule has 3 heteroatoms. The third-order valence-corrected chi connectivity index (χ3v) is 4.82. The highest BCUT2D eigenvalue weighted by Gasteiger charge is 2.23. The van der Waals surface area contributed by atoms with E-state index in [9.17, 15) is 0 Å². The molecule has 0 bridgehead atoms. The molecule has 1 aromatic rings. The van der Waals surface area contributed by atoms with Gasteiger partial charge in [0, 0.05) is 17.0 Å². The lowest BCUT2D eigenvalue weighted by molar-refractivity contribution is 0.205. The van der Waals surface area contributed by atoms with Crippen molar-refractivity contribution in [3.63, 3.8) is 0 Å². The van der Waals surface area contributed by atoms with Crippen LogP contribution in [0.1, 0.15) is 45.0 Å². The van der Waals surface area contributed by atoms with E-state index in [-0.39, 0.29) is 0 Å². The Morgan fingerprint density at radius 2 is 2.06 bits per heavy atom. The maximum Gasteiger partial charge on any atom is 0.0410 e. The molecule has 0 spiro atoms. The van der Waals surface area contributed by atoms with Gasteiger partial charge in [0.1, 0.15) is 0 Å². The second-order valence-electron chi connectivity index (χ2n) is 6.17. The number of rotatable bonds is 6. The fourth-order valence-electron chi connectivity index (χ4n) is 2.28. The predicted molar refractivity (Wildman–Crippen MR) is 82.3 cm³/mol. The molecule has 0 amide bonds. The molecule has 0 aliphatic carbocycles. The zero-order chi connectivity index (χ0) is 13.8. The van der Waals surface area contributed by atoms with Crippen molar-refractivity contribution in [1.82, 2.24) is 10.2 Å². The summed E-state index contributed by atoms with van der Waals surface area (Å²) < 4.78 is 0. The van der Waals surface area contributed by atoms with Gasteiger partial charge in [-0.05, 0) is 50.8 Å². The molecule has 0 aromatic carbocycles. The van der Waals surface area contributed by atoms with Gasteiger partial charge in [0.15, 0.2) is 0 Å². The van der Waals surface area contributed by atoms with Crippen LogP contribution in [0.25, 0.3) is 0 Å². The minimum Gasteiger partial charge on any atom is -0.316 e. The van der Waals surface area contributed by atoms with E-state index in [1.807, 2.05) is 11.3 Å². The normalized spacial score (nSPS) is 15.9. The van der Waals surface area contributed by atoms with Gasteiger partial charge in [-0.15, -0.1) is 11.3 Å². The van der Waals surface area contributed by atoms with Crippen LogP contribution in [0.3, 0.4) is 0 Å². The number of hydrogen-bond donors (Lipinski definition) is 1. The van der Waals surface area contributed by atoms with Gasteiger partial charge in [-0.1, -0.05) is 26.8 Å². The summed E-state index contributed by atoms with van der Waals surface area (Å²) in [7, 11) is 4.29. The standard InChI is InChI=1S/C15H28N2S/c1-12(13-8-7-11-18-13)17(6)10-9-14(16-5)15(2,3)4/h7-8,11-12,14,16H,9-10H2,1-6H3. The molecule has 1 heterocycles. The molecular weight excluding hydrogens is 240 g/mol. The first-order valence-electron chi connectivity index (χ1n) is 6.77.